The molecular formula is C23H24F2N2O4. The summed E-state index contributed by atoms with van der Waals surface area (Å²) in [4.78, 5) is 27.2. The molecule has 0 atom stereocenters. The Hall–Kier alpha value is -3.26. The van der Waals surface area contributed by atoms with Crippen molar-refractivity contribution in [2.75, 3.05) is 25.6 Å². The Kier molecular flexibility index (Phi) is 7.02. The summed E-state index contributed by atoms with van der Waals surface area (Å²) in [5.74, 6) is -2.44. The van der Waals surface area contributed by atoms with Crippen LogP contribution in [0.2, 0.25) is 0 Å². The van der Waals surface area contributed by atoms with Gasteiger partial charge in [-0.05, 0) is 50.1 Å². The van der Waals surface area contributed by atoms with Crippen LogP contribution in [-0.4, -0.2) is 43.1 Å². The number of hydrogen-bond donors (Lipinski definition) is 1. The molecule has 6 nitrogen and oxygen atoms in total. The first-order chi connectivity index (χ1) is 14.8. The van der Waals surface area contributed by atoms with Gasteiger partial charge in [0, 0.05) is 32.0 Å². The number of nitrogens with zero attached hydrogens (tertiary/aromatic N) is 1. The lowest BCUT2D eigenvalue weighted by molar-refractivity contribution is -0.137. The minimum atomic E-state index is -1.06. The van der Waals surface area contributed by atoms with Gasteiger partial charge in [-0.15, -0.1) is 0 Å². The third-order valence-electron chi connectivity index (χ3n) is 4.60. The highest BCUT2D eigenvalue weighted by atomic mass is 19.2. The maximum Gasteiger partial charge on any atom is 0.278 e. The standard InChI is InChI=1S/C23H24F2N2O4/c1-14(2)31-17-8-5-15(6-9-17)20-21(26-16-7-10-18(24)19(25)13-16)23(29)27(22(20)28)11-4-12-30-3/h5-10,13-14,26H,4,11-12H2,1-3H3. The van der Waals surface area contributed by atoms with Crippen LogP contribution in [0, 0.1) is 11.6 Å². The van der Waals surface area contributed by atoms with E-state index in [1.807, 2.05) is 13.8 Å². The Morgan fingerprint density at radius 1 is 1.00 bits per heavy atom. The van der Waals surface area contributed by atoms with E-state index in [-0.39, 0.29) is 29.6 Å². The van der Waals surface area contributed by atoms with Crippen molar-refractivity contribution < 1.29 is 27.8 Å². The van der Waals surface area contributed by atoms with E-state index < -0.39 is 23.4 Å². The lowest BCUT2D eigenvalue weighted by atomic mass is 10.0. The molecule has 31 heavy (non-hydrogen) atoms. The zero-order valence-corrected chi connectivity index (χ0v) is 17.6. The Labute approximate surface area is 179 Å². The van der Waals surface area contributed by atoms with E-state index in [1.54, 1.807) is 24.3 Å². The molecule has 164 valence electrons. The molecule has 8 heteroatoms. The Morgan fingerprint density at radius 2 is 1.71 bits per heavy atom. The average molecular weight is 430 g/mol. The lowest BCUT2D eigenvalue weighted by Crippen LogP contribution is -2.33. The number of ether oxygens (including phenoxy) is 2. The van der Waals surface area contributed by atoms with Crippen molar-refractivity contribution in [2.45, 2.75) is 26.4 Å². The Balaban J connectivity index is 1.97. The van der Waals surface area contributed by atoms with Crippen molar-refractivity contribution in [1.29, 1.82) is 0 Å². The SMILES string of the molecule is COCCCN1C(=O)C(Nc2ccc(F)c(F)c2)=C(c2ccc(OC(C)C)cc2)C1=O. The van der Waals surface area contributed by atoms with Crippen LogP contribution in [0.3, 0.4) is 0 Å². The van der Waals surface area contributed by atoms with Crippen LogP contribution in [0.5, 0.6) is 5.75 Å². The second kappa shape index (κ2) is 9.70. The molecule has 0 radical (unpaired) electrons. The number of carbonyl (C=O) groups is 2. The predicted molar refractivity (Wildman–Crippen MR) is 112 cm³/mol. The lowest BCUT2D eigenvalue weighted by Gasteiger charge is -2.15. The average Bonchev–Trinajstić information content (AvgIpc) is 2.95. The summed E-state index contributed by atoms with van der Waals surface area (Å²) in [5, 5.41) is 2.80. The smallest absolute Gasteiger partial charge is 0.278 e. The number of nitrogens with one attached hydrogen (secondary N) is 1. The molecule has 1 heterocycles. The summed E-state index contributed by atoms with van der Waals surface area (Å²) < 4.78 is 37.6. The highest BCUT2D eigenvalue weighted by molar-refractivity contribution is 6.36. The van der Waals surface area contributed by atoms with Crippen molar-refractivity contribution in [1.82, 2.24) is 4.90 Å². The van der Waals surface area contributed by atoms with E-state index in [2.05, 4.69) is 5.32 Å². The van der Waals surface area contributed by atoms with Crippen LogP contribution in [0.25, 0.3) is 5.57 Å². The van der Waals surface area contributed by atoms with Crippen molar-refractivity contribution >= 4 is 23.1 Å². The van der Waals surface area contributed by atoms with Gasteiger partial charge in [0.2, 0.25) is 0 Å². The largest absolute Gasteiger partial charge is 0.491 e. The van der Waals surface area contributed by atoms with Gasteiger partial charge in [-0.1, -0.05) is 12.1 Å². The van der Waals surface area contributed by atoms with Gasteiger partial charge in [-0.3, -0.25) is 14.5 Å². The maximum absolute atomic E-state index is 13.7. The molecule has 0 aliphatic carbocycles. The van der Waals surface area contributed by atoms with Crippen molar-refractivity contribution in [3.8, 4) is 5.75 Å². The van der Waals surface area contributed by atoms with E-state index in [1.165, 1.54) is 13.2 Å². The van der Waals surface area contributed by atoms with Gasteiger partial charge in [-0.25, -0.2) is 8.78 Å². The number of benzene rings is 2. The zero-order valence-electron chi connectivity index (χ0n) is 17.6. The molecule has 2 aromatic carbocycles. The molecule has 0 saturated heterocycles. The van der Waals surface area contributed by atoms with Crippen LogP contribution in [0.4, 0.5) is 14.5 Å². The summed E-state index contributed by atoms with van der Waals surface area (Å²) in [6.07, 6.45) is 0.461. The fraction of sp³-hybridized carbons (Fsp3) is 0.304. The number of carbonyl (C=O) groups excluding carboxylic acids is 2. The van der Waals surface area contributed by atoms with Gasteiger partial charge < -0.3 is 14.8 Å². The summed E-state index contributed by atoms with van der Waals surface area (Å²) in [7, 11) is 1.54. The van der Waals surface area contributed by atoms with Crippen molar-refractivity contribution in [3.63, 3.8) is 0 Å². The first-order valence-corrected chi connectivity index (χ1v) is 9.90. The second-order valence-electron chi connectivity index (χ2n) is 7.30. The molecule has 0 aromatic heterocycles. The molecule has 0 spiro atoms. The molecule has 2 amide bonds. The third-order valence-corrected chi connectivity index (χ3v) is 4.60. The number of anilines is 1. The van der Waals surface area contributed by atoms with Gasteiger partial charge in [-0.2, -0.15) is 0 Å². The number of methoxy groups -OCH3 is 1. The summed E-state index contributed by atoms with van der Waals surface area (Å²) in [6.45, 7) is 4.36. The van der Waals surface area contributed by atoms with E-state index in [9.17, 15) is 18.4 Å². The molecule has 1 N–H and O–H groups in total. The van der Waals surface area contributed by atoms with Crippen LogP contribution in [0.1, 0.15) is 25.8 Å². The molecule has 1 aliphatic rings. The van der Waals surface area contributed by atoms with E-state index in [0.29, 0.717) is 24.3 Å². The summed E-state index contributed by atoms with van der Waals surface area (Å²) in [5.41, 5.74) is 0.828. The molecule has 0 unspecified atom stereocenters. The highest BCUT2D eigenvalue weighted by Crippen LogP contribution is 2.32. The van der Waals surface area contributed by atoms with Gasteiger partial charge >= 0.3 is 0 Å². The normalized spacial score (nSPS) is 14.1. The fourth-order valence-electron chi connectivity index (χ4n) is 3.22. The molecule has 3 rings (SSSR count). The Morgan fingerprint density at radius 3 is 2.32 bits per heavy atom. The topological polar surface area (TPSA) is 67.9 Å². The minimum Gasteiger partial charge on any atom is -0.491 e. The maximum atomic E-state index is 13.7. The second-order valence-corrected chi connectivity index (χ2v) is 7.30. The number of hydrogen-bond acceptors (Lipinski definition) is 5. The summed E-state index contributed by atoms with van der Waals surface area (Å²) >= 11 is 0. The Bertz CT molecular complexity index is 1000. The number of rotatable bonds is 9. The molecule has 1 aliphatic heterocycles. The number of halogens is 2. The quantitative estimate of drug-likeness (QED) is 0.482. The van der Waals surface area contributed by atoms with Gasteiger partial charge in [0.15, 0.2) is 11.6 Å². The number of imide groups is 1. The molecule has 0 bridgehead atoms. The van der Waals surface area contributed by atoms with Crippen LogP contribution >= 0.6 is 0 Å². The van der Waals surface area contributed by atoms with Gasteiger partial charge in [0.1, 0.15) is 11.4 Å². The van der Waals surface area contributed by atoms with E-state index in [0.717, 1.165) is 17.0 Å². The van der Waals surface area contributed by atoms with Crippen LogP contribution in [0.15, 0.2) is 48.2 Å². The minimum absolute atomic E-state index is 0.00551. The fourth-order valence-corrected chi connectivity index (χ4v) is 3.22. The molecule has 2 aromatic rings. The van der Waals surface area contributed by atoms with Crippen molar-refractivity contribution in [3.05, 3.63) is 65.4 Å². The summed E-state index contributed by atoms with van der Waals surface area (Å²) in [6, 6.07) is 9.98. The molecular weight excluding hydrogens is 406 g/mol. The zero-order chi connectivity index (χ0) is 22.5. The first kappa shape index (κ1) is 22.4. The first-order valence-electron chi connectivity index (χ1n) is 9.90. The predicted octanol–water partition coefficient (Wildman–Crippen LogP) is 3.98. The monoisotopic (exact) mass is 430 g/mol. The number of amides is 2. The van der Waals surface area contributed by atoms with Crippen LogP contribution in [-0.2, 0) is 14.3 Å². The highest BCUT2D eigenvalue weighted by Gasteiger charge is 2.39. The van der Waals surface area contributed by atoms with E-state index in [4.69, 9.17) is 9.47 Å². The van der Waals surface area contributed by atoms with E-state index >= 15 is 0 Å². The molecule has 0 saturated carbocycles. The third kappa shape index (κ3) is 5.08. The van der Waals surface area contributed by atoms with Crippen LogP contribution < -0.4 is 10.1 Å². The van der Waals surface area contributed by atoms with Gasteiger partial charge in [0.05, 0.1) is 11.7 Å². The molecule has 0 fully saturated rings. The van der Waals surface area contributed by atoms with Gasteiger partial charge in [0.25, 0.3) is 11.8 Å². The van der Waals surface area contributed by atoms with Crippen molar-refractivity contribution in [2.24, 2.45) is 0 Å².